The van der Waals surface area contributed by atoms with Crippen LogP contribution in [0.1, 0.15) is 12.0 Å². The van der Waals surface area contributed by atoms with Crippen LogP contribution in [0.2, 0.25) is 0 Å². The molecule has 8 unspecified atom stereocenters. The summed E-state index contributed by atoms with van der Waals surface area (Å²) in [6.07, 6.45) is -9.23. The van der Waals surface area contributed by atoms with Crippen LogP contribution in [0.3, 0.4) is 0 Å². The van der Waals surface area contributed by atoms with Crippen LogP contribution in [0.25, 0.3) is 11.0 Å². The molecule has 0 radical (unpaired) electrons. The van der Waals surface area contributed by atoms with Crippen LogP contribution >= 0.6 is 0 Å². The first-order chi connectivity index (χ1) is 16.6. The number of carbonyl (C=O) groups is 1. The molecule has 1 aromatic carbocycles. The minimum absolute atomic E-state index is 0.108. The number of fused-ring (bicyclic) bond motifs is 1. The molecule has 194 valence electrons. The average molecular weight is 500 g/mol. The lowest BCUT2D eigenvalue weighted by Gasteiger charge is -2.40. The fourth-order valence-corrected chi connectivity index (χ4v) is 3.99. The summed E-state index contributed by atoms with van der Waals surface area (Å²) >= 11 is 0. The van der Waals surface area contributed by atoms with Gasteiger partial charge in [-0.25, -0.2) is 0 Å². The largest absolute Gasteiger partial charge is 0.481 e. The van der Waals surface area contributed by atoms with Gasteiger partial charge < -0.3 is 59.1 Å². The lowest BCUT2D eigenvalue weighted by atomic mass is 9.99. The Bertz CT molecular complexity index is 1020. The van der Waals surface area contributed by atoms with Crippen LogP contribution in [-0.4, -0.2) is 110 Å². The quantitative estimate of drug-likeness (QED) is 0.201. The summed E-state index contributed by atoms with van der Waals surface area (Å²) in [5.41, 5.74) is -0.973. The van der Waals surface area contributed by atoms with Gasteiger partial charge in [0, 0.05) is 17.9 Å². The van der Waals surface area contributed by atoms with Crippen molar-refractivity contribution in [3.05, 3.63) is 30.0 Å². The number of carboxylic acids is 1. The number of aliphatic carboxylic acids is 1. The van der Waals surface area contributed by atoms with Crippen LogP contribution in [0.15, 0.2) is 28.9 Å². The van der Waals surface area contributed by atoms with Crippen LogP contribution in [0.4, 0.5) is 0 Å². The minimum atomic E-state index is -1.91. The fraction of sp³-hybridized carbons (Fsp3) is 0.591. The number of aryl methyl sites for hydroxylation is 1. The maximum absolute atomic E-state index is 11.1. The first-order valence-electron chi connectivity index (χ1n) is 11.0. The average Bonchev–Trinajstić information content (AvgIpc) is 3.41. The Balaban J connectivity index is 1.48. The molecule has 13 heteroatoms. The zero-order chi connectivity index (χ0) is 25.3. The number of ether oxygens (including phenoxy) is 4. The molecule has 13 nitrogen and oxygen atoms in total. The number of aliphatic hydroxyl groups is 6. The Labute approximate surface area is 198 Å². The number of hydrogen-bond acceptors (Lipinski definition) is 12. The highest BCUT2D eigenvalue weighted by molar-refractivity contribution is 5.80. The molecule has 7 N–H and O–H groups in total. The van der Waals surface area contributed by atoms with E-state index in [-0.39, 0.29) is 25.2 Å². The molecule has 2 aliphatic heterocycles. The lowest BCUT2D eigenvalue weighted by molar-refractivity contribution is -0.289. The van der Waals surface area contributed by atoms with Gasteiger partial charge in [0.05, 0.1) is 26.1 Å². The van der Waals surface area contributed by atoms with Crippen molar-refractivity contribution < 1.29 is 63.9 Å². The van der Waals surface area contributed by atoms with Crippen molar-refractivity contribution in [3.8, 4) is 5.75 Å². The van der Waals surface area contributed by atoms with Gasteiger partial charge in [0.15, 0.2) is 6.29 Å². The number of rotatable bonds is 9. The molecular weight excluding hydrogens is 472 g/mol. The van der Waals surface area contributed by atoms with E-state index in [2.05, 4.69) is 0 Å². The second-order valence-electron chi connectivity index (χ2n) is 8.66. The number of aliphatic hydroxyl groups excluding tert-OH is 5. The number of carboxylic acid groups (broad SMARTS) is 1. The third kappa shape index (κ3) is 5.28. The second kappa shape index (κ2) is 10.3. The van der Waals surface area contributed by atoms with Gasteiger partial charge in [-0.3, -0.25) is 4.79 Å². The standard InChI is InChI=1S/C22H28O13/c23-8-22(30)9-33-21(19(22)29)32-7-14-16(26)17(27)18(28)20(35-14)34-13-6-12-11(3-4-31-12)5-10(13)1-2-15(24)25/h3-6,14,16-21,23,26-30H,1-2,7-9H2,(H,24,25). The highest BCUT2D eigenvalue weighted by atomic mass is 16.7. The highest BCUT2D eigenvalue weighted by Crippen LogP contribution is 2.32. The Morgan fingerprint density at radius 1 is 1.11 bits per heavy atom. The van der Waals surface area contributed by atoms with E-state index in [0.29, 0.717) is 16.5 Å². The molecule has 2 fully saturated rings. The third-order valence-electron chi connectivity index (χ3n) is 6.16. The van der Waals surface area contributed by atoms with Crippen molar-refractivity contribution in [2.75, 3.05) is 19.8 Å². The van der Waals surface area contributed by atoms with E-state index in [4.69, 9.17) is 28.5 Å². The van der Waals surface area contributed by atoms with Gasteiger partial charge >= 0.3 is 5.97 Å². The maximum atomic E-state index is 11.1. The molecule has 0 spiro atoms. The van der Waals surface area contributed by atoms with E-state index in [1.807, 2.05) is 0 Å². The Morgan fingerprint density at radius 3 is 2.57 bits per heavy atom. The van der Waals surface area contributed by atoms with E-state index < -0.39 is 67.9 Å². The molecule has 35 heavy (non-hydrogen) atoms. The molecule has 2 aromatic rings. The van der Waals surface area contributed by atoms with Gasteiger partial charge in [-0.1, -0.05) is 0 Å². The summed E-state index contributed by atoms with van der Waals surface area (Å²) in [5.74, 6) is -0.860. The van der Waals surface area contributed by atoms with Crippen molar-refractivity contribution >= 4 is 16.9 Å². The molecular formula is C22H28O13. The lowest BCUT2D eigenvalue weighted by Crippen LogP contribution is -2.60. The fourth-order valence-electron chi connectivity index (χ4n) is 3.99. The van der Waals surface area contributed by atoms with Crippen molar-refractivity contribution in [2.45, 2.75) is 61.5 Å². The predicted octanol–water partition coefficient (Wildman–Crippen LogP) is -1.91. The van der Waals surface area contributed by atoms with Crippen LogP contribution in [0, 0.1) is 0 Å². The topological polar surface area (TPSA) is 209 Å². The first kappa shape index (κ1) is 25.8. The molecule has 1 aromatic heterocycles. The van der Waals surface area contributed by atoms with Gasteiger partial charge in [0.2, 0.25) is 6.29 Å². The molecule has 0 bridgehead atoms. The SMILES string of the molecule is O=C(O)CCc1cc2ccoc2cc1OC1OC(COC2OCC(O)(CO)C2O)C(O)C(O)C1O. The van der Waals surface area contributed by atoms with Crippen molar-refractivity contribution in [1.29, 1.82) is 0 Å². The summed E-state index contributed by atoms with van der Waals surface area (Å²) in [5, 5.41) is 70.3. The van der Waals surface area contributed by atoms with E-state index in [9.17, 15) is 35.4 Å². The van der Waals surface area contributed by atoms with Crippen molar-refractivity contribution in [3.63, 3.8) is 0 Å². The third-order valence-corrected chi connectivity index (χ3v) is 6.16. The summed E-state index contributed by atoms with van der Waals surface area (Å²) in [4.78, 5) is 11.1. The number of furan rings is 1. The summed E-state index contributed by atoms with van der Waals surface area (Å²) < 4.78 is 27.3. The second-order valence-corrected chi connectivity index (χ2v) is 8.66. The van der Waals surface area contributed by atoms with Gasteiger partial charge in [-0.2, -0.15) is 0 Å². The molecule has 8 atom stereocenters. The van der Waals surface area contributed by atoms with Crippen LogP contribution in [0.5, 0.6) is 5.75 Å². The van der Waals surface area contributed by atoms with Crippen LogP contribution in [-0.2, 0) is 25.4 Å². The maximum Gasteiger partial charge on any atom is 0.303 e. The molecule has 0 saturated carbocycles. The molecule has 4 rings (SSSR count). The van der Waals surface area contributed by atoms with Gasteiger partial charge in [-0.05, 0) is 24.1 Å². The van der Waals surface area contributed by atoms with Gasteiger partial charge in [0.1, 0.15) is 47.5 Å². The van der Waals surface area contributed by atoms with E-state index in [1.165, 1.54) is 12.3 Å². The zero-order valence-electron chi connectivity index (χ0n) is 18.5. The molecule has 2 aliphatic rings. The molecule has 0 aliphatic carbocycles. The summed E-state index contributed by atoms with van der Waals surface area (Å²) in [7, 11) is 0. The van der Waals surface area contributed by atoms with E-state index >= 15 is 0 Å². The smallest absolute Gasteiger partial charge is 0.303 e. The molecule has 3 heterocycles. The van der Waals surface area contributed by atoms with E-state index in [1.54, 1.807) is 12.1 Å². The first-order valence-corrected chi connectivity index (χ1v) is 11.0. The predicted molar refractivity (Wildman–Crippen MR) is 113 cm³/mol. The van der Waals surface area contributed by atoms with E-state index in [0.717, 1.165) is 0 Å². The normalized spacial score (nSPS) is 35.4. The summed E-state index contributed by atoms with van der Waals surface area (Å²) in [6, 6.07) is 4.88. The van der Waals surface area contributed by atoms with Gasteiger partial charge in [-0.15, -0.1) is 0 Å². The monoisotopic (exact) mass is 500 g/mol. The van der Waals surface area contributed by atoms with Gasteiger partial charge in [0.25, 0.3) is 0 Å². The number of hydrogen-bond donors (Lipinski definition) is 7. The van der Waals surface area contributed by atoms with Crippen molar-refractivity contribution in [1.82, 2.24) is 0 Å². The Morgan fingerprint density at radius 2 is 1.89 bits per heavy atom. The van der Waals surface area contributed by atoms with Crippen molar-refractivity contribution in [2.24, 2.45) is 0 Å². The number of benzene rings is 1. The Hall–Kier alpha value is -2.33. The highest BCUT2D eigenvalue weighted by Gasteiger charge is 2.50. The Kier molecular flexibility index (Phi) is 7.61. The molecule has 2 saturated heterocycles. The van der Waals surface area contributed by atoms with Crippen LogP contribution < -0.4 is 4.74 Å². The summed E-state index contributed by atoms with van der Waals surface area (Å²) in [6.45, 7) is -1.58. The minimum Gasteiger partial charge on any atom is -0.481 e. The zero-order valence-corrected chi connectivity index (χ0v) is 18.5. The molecule has 0 amide bonds.